The molecular weight excluding hydrogens is 292 g/mol. The molecule has 0 radical (unpaired) electrons. The number of carbonyl (C=O) groups is 1. The Morgan fingerprint density at radius 2 is 1.73 bits per heavy atom. The lowest BCUT2D eigenvalue weighted by molar-refractivity contribution is -0.384. The van der Waals surface area contributed by atoms with Crippen molar-refractivity contribution in [3.63, 3.8) is 0 Å². The standard InChI is InChI=1S/C13H12N4O5/c1-15-10(7-11(18)16(2)13(15)20)14-12(19)8-3-5-9(6-4-8)17(21)22/h3-7H,1-2H3,(H,14,19). The molecule has 2 aromatic rings. The largest absolute Gasteiger partial charge is 0.332 e. The average molecular weight is 304 g/mol. The lowest BCUT2D eigenvalue weighted by Gasteiger charge is -2.10. The van der Waals surface area contributed by atoms with Gasteiger partial charge in [0.25, 0.3) is 17.2 Å². The van der Waals surface area contributed by atoms with Crippen LogP contribution in [0.1, 0.15) is 10.4 Å². The molecule has 22 heavy (non-hydrogen) atoms. The topological polar surface area (TPSA) is 116 Å². The molecule has 0 atom stereocenters. The molecular formula is C13H12N4O5. The highest BCUT2D eigenvalue weighted by molar-refractivity contribution is 6.03. The molecule has 0 aliphatic rings. The van der Waals surface area contributed by atoms with E-state index in [1.54, 1.807) is 0 Å². The second-order valence-corrected chi connectivity index (χ2v) is 4.53. The number of carbonyl (C=O) groups excluding carboxylic acids is 1. The molecule has 0 bridgehead atoms. The van der Waals surface area contributed by atoms with Crippen molar-refractivity contribution in [2.75, 3.05) is 5.32 Å². The monoisotopic (exact) mass is 304 g/mol. The molecule has 0 fully saturated rings. The Balaban J connectivity index is 2.31. The fraction of sp³-hybridized carbons (Fsp3) is 0.154. The van der Waals surface area contributed by atoms with Gasteiger partial charge in [-0.1, -0.05) is 0 Å². The van der Waals surface area contributed by atoms with Crippen LogP contribution in [0.2, 0.25) is 0 Å². The summed E-state index contributed by atoms with van der Waals surface area (Å²) in [5.41, 5.74) is -1.11. The van der Waals surface area contributed by atoms with Crippen LogP contribution in [0.15, 0.2) is 39.9 Å². The number of hydrogen-bond donors (Lipinski definition) is 1. The SMILES string of the molecule is Cn1c(NC(=O)c2ccc([N+](=O)[O-])cc2)cc(=O)n(C)c1=O. The maximum absolute atomic E-state index is 12.0. The van der Waals surface area contributed by atoms with Gasteiger partial charge in [-0.3, -0.25) is 28.8 Å². The third-order valence-electron chi connectivity index (χ3n) is 3.11. The molecule has 1 N–H and O–H groups in total. The molecule has 9 nitrogen and oxygen atoms in total. The van der Waals surface area contributed by atoms with Gasteiger partial charge in [-0.15, -0.1) is 0 Å². The number of nitrogens with zero attached hydrogens (tertiary/aromatic N) is 3. The number of non-ortho nitro benzene ring substituents is 1. The van der Waals surface area contributed by atoms with Crippen molar-refractivity contribution in [3.05, 3.63) is 66.8 Å². The van der Waals surface area contributed by atoms with Crippen LogP contribution in [0, 0.1) is 10.1 Å². The van der Waals surface area contributed by atoms with Crippen LogP contribution < -0.4 is 16.6 Å². The summed E-state index contributed by atoms with van der Waals surface area (Å²) in [5, 5.41) is 13.0. The number of aromatic nitrogens is 2. The van der Waals surface area contributed by atoms with E-state index in [9.17, 15) is 24.5 Å². The van der Waals surface area contributed by atoms with Crippen LogP contribution >= 0.6 is 0 Å². The smallest absolute Gasteiger partial charge is 0.308 e. The highest BCUT2D eigenvalue weighted by Crippen LogP contribution is 2.13. The number of benzene rings is 1. The van der Waals surface area contributed by atoms with Crippen LogP contribution in [0.5, 0.6) is 0 Å². The highest BCUT2D eigenvalue weighted by Gasteiger charge is 2.12. The Kier molecular flexibility index (Phi) is 3.89. The van der Waals surface area contributed by atoms with Gasteiger partial charge < -0.3 is 5.32 Å². The first-order chi connectivity index (χ1) is 10.3. The lowest BCUT2D eigenvalue weighted by atomic mass is 10.2. The predicted octanol–water partition coefficient (Wildman–Crippen LogP) is 0.244. The maximum Gasteiger partial charge on any atom is 0.332 e. The number of rotatable bonds is 3. The van der Waals surface area contributed by atoms with Crippen LogP contribution in [0.3, 0.4) is 0 Å². The van der Waals surface area contributed by atoms with Gasteiger partial charge in [-0.05, 0) is 12.1 Å². The van der Waals surface area contributed by atoms with Gasteiger partial charge in [0.15, 0.2) is 0 Å². The Morgan fingerprint density at radius 3 is 2.27 bits per heavy atom. The van der Waals surface area contributed by atoms with E-state index in [0.717, 1.165) is 15.2 Å². The molecule has 2 rings (SSSR count). The van der Waals surface area contributed by atoms with Crippen molar-refractivity contribution in [1.82, 2.24) is 9.13 Å². The summed E-state index contributed by atoms with van der Waals surface area (Å²) in [7, 11) is 2.74. The molecule has 0 saturated heterocycles. The summed E-state index contributed by atoms with van der Waals surface area (Å²) < 4.78 is 2.02. The third kappa shape index (κ3) is 2.77. The van der Waals surface area contributed by atoms with E-state index in [1.165, 1.54) is 38.4 Å². The Bertz CT molecular complexity index is 863. The molecule has 9 heteroatoms. The Hall–Kier alpha value is -3.23. The number of nitro groups is 1. The number of amides is 1. The van der Waals surface area contributed by atoms with E-state index >= 15 is 0 Å². The summed E-state index contributed by atoms with van der Waals surface area (Å²) >= 11 is 0. The quantitative estimate of drug-likeness (QED) is 0.644. The van der Waals surface area contributed by atoms with Crippen molar-refractivity contribution < 1.29 is 9.72 Å². The fourth-order valence-electron chi connectivity index (χ4n) is 1.78. The van der Waals surface area contributed by atoms with Gasteiger partial charge in [0, 0.05) is 37.9 Å². The van der Waals surface area contributed by atoms with E-state index in [4.69, 9.17) is 0 Å². The summed E-state index contributed by atoms with van der Waals surface area (Å²) in [5.74, 6) is -0.547. The minimum absolute atomic E-state index is 0.0384. The first kappa shape index (κ1) is 15.2. The number of hydrogen-bond acceptors (Lipinski definition) is 5. The first-order valence-corrected chi connectivity index (χ1v) is 6.14. The molecule has 0 aliphatic heterocycles. The van der Waals surface area contributed by atoms with Gasteiger partial charge >= 0.3 is 5.69 Å². The maximum atomic E-state index is 12.0. The first-order valence-electron chi connectivity index (χ1n) is 6.14. The predicted molar refractivity (Wildman–Crippen MR) is 78.0 cm³/mol. The lowest BCUT2D eigenvalue weighted by Crippen LogP contribution is -2.38. The van der Waals surface area contributed by atoms with Crippen molar-refractivity contribution in [2.45, 2.75) is 0 Å². The van der Waals surface area contributed by atoms with Crippen molar-refractivity contribution in [2.24, 2.45) is 14.1 Å². The van der Waals surface area contributed by atoms with Crippen molar-refractivity contribution >= 4 is 17.4 Å². The molecule has 0 spiro atoms. The molecule has 1 amide bonds. The number of nitro benzene ring substituents is 1. The Labute approximate surface area is 123 Å². The molecule has 1 heterocycles. The number of anilines is 1. The van der Waals surface area contributed by atoms with Crippen LogP contribution in [-0.2, 0) is 14.1 Å². The number of nitrogens with one attached hydrogen (secondary N) is 1. The van der Waals surface area contributed by atoms with Gasteiger partial charge in [0.05, 0.1) is 4.92 Å². The molecule has 0 aliphatic carbocycles. The molecule has 1 aromatic heterocycles. The van der Waals surface area contributed by atoms with E-state index in [0.29, 0.717) is 0 Å². The van der Waals surface area contributed by atoms with E-state index in [-0.39, 0.29) is 17.1 Å². The molecule has 114 valence electrons. The van der Waals surface area contributed by atoms with Crippen LogP contribution in [-0.4, -0.2) is 20.0 Å². The highest BCUT2D eigenvalue weighted by atomic mass is 16.6. The molecule has 0 unspecified atom stereocenters. The summed E-state index contributed by atoms with van der Waals surface area (Å²) in [6, 6.07) is 6.07. The zero-order valence-corrected chi connectivity index (χ0v) is 11.8. The Morgan fingerprint density at radius 1 is 1.14 bits per heavy atom. The van der Waals surface area contributed by atoms with E-state index < -0.39 is 22.1 Å². The normalized spacial score (nSPS) is 10.3. The minimum Gasteiger partial charge on any atom is -0.308 e. The average Bonchev–Trinajstić information content (AvgIpc) is 2.50. The van der Waals surface area contributed by atoms with Gasteiger partial charge in [0.1, 0.15) is 5.82 Å². The summed E-state index contributed by atoms with van der Waals surface area (Å²) in [4.78, 5) is 45.3. The van der Waals surface area contributed by atoms with Gasteiger partial charge in [0.2, 0.25) is 0 Å². The second kappa shape index (κ2) is 5.64. The zero-order chi connectivity index (χ0) is 16.4. The van der Waals surface area contributed by atoms with Gasteiger partial charge in [-0.25, -0.2) is 4.79 Å². The van der Waals surface area contributed by atoms with Crippen molar-refractivity contribution in [3.8, 4) is 0 Å². The molecule has 0 saturated carbocycles. The van der Waals surface area contributed by atoms with E-state index in [2.05, 4.69) is 5.32 Å². The fourth-order valence-corrected chi connectivity index (χ4v) is 1.78. The third-order valence-corrected chi connectivity index (χ3v) is 3.11. The van der Waals surface area contributed by atoms with Crippen molar-refractivity contribution in [1.29, 1.82) is 0 Å². The molecule has 1 aromatic carbocycles. The van der Waals surface area contributed by atoms with E-state index in [1.807, 2.05) is 0 Å². The van der Waals surface area contributed by atoms with Gasteiger partial charge in [-0.2, -0.15) is 0 Å². The second-order valence-electron chi connectivity index (χ2n) is 4.53. The summed E-state index contributed by atoms with van der Waals surface area (Å²) in [6.07, 6.45) is 0. The zero-order valence-electron chi connectivity index (χ0n) is 11.8. The van der Waals surface area contributed by atoms with Crippen LogP contribution in [0.25, 0.3) is 0 Å². The van der Waals surface area contributed by atoms with Crippen LogP contribution in [0.4, 0.5) is 11.5 Å². The minimum atomic E-state index is -0.585. The summed E-state index contributed by atoms with van der Waals surface area (Å²) in [6.45, 7) is 0.